The Bertz CT molecular complexity index is 1380. The second-order valence-corrected chi connectivity index (χ2v) is 11.2. The number of nitrogens with one attached hydrogen (secondary N) is 1. The Kier molecular flexibility index (Phi) is 13.0. The van der Waals surface area contributed by atoms with E-state index in [1.165, 1.54) is 0 Å². The summed E-state index contributed by atoms with van der Waals surface area (Å²) < 4.78 is 6.06. The maximum atomic E-state index is 14.2. The lowest BCUT2D eigenvalue weighted by Gasteiger charge is -2.28. The molecule has 0 aromatic heterocycles. The van der Waals surface area contributed by atoms with E-state index in [9.17, 15) is 14.7 Å². The Morgan fingerprint density at radius 1 is 0.864 bits per heavy atom. The molecule has 0 bridgehead atoms. The molecular weight excluding hydrogens is 556 g/mol. The third-order valence-electron chi connectivity index (χ3n) is 7.76. The van der Waals surface area contributed by atoms with Crippen LogP contribution >= 0.6 is 0 Å². The third-order valence-corrected chi connectivity index (χ3v) is 7.76. The molecule has 0 radical (unpaired) electrons. The lowest BCUT2D eigenvalue weighted by atomic mass is 9.80. The van der Waals surface area contributed by atoms with Crippen LogP contribution in [0, 0.1) is 25.7 Å². The van der Waals surface area contributed by atoms with Gasteiger partial charge in [-0.05, 0) is 118 Å². The minimum atomic E-state index is -0.769. The number of phenolic OH excluding ortho intramolecular Hbond substituents is 1. The number of phenols is 1. The van der Waals surface area contributed by atoms with Gasteiger partial charge in [-0.2, -0.15) is 0 Å². The maximum absolute atomic E-state index is 14.2. The minimum Gasteiger partial charge on any atom is -0.508 e. The van der Waals surface area contributed by atoms with Crippen LogP contribution in [0.1, 0.15) is 60.4 Å². The van der Waals surface area contributed by atoms with Crippen LogP contribution in [0.15, 0.2) is 71.7 Å². The third kappa shape index (κ3) is 10.3. The van der Waals surface area contributed by atoms with Crippen LogP contribution in [-0.2, 0) is 16.0 Å². The zero-order chi connectivity index (χ0) is 32.1. The van der Waals surface area contributed by atoms with Crippen LogP contribution in [0.25, 0.3) is 0 Å². The number of aliphatic imine (C=N–C) groups is 1. The number of nitrogens with zero attached hydrogens (tertiary/aromatic N) is 1. The number of primary amides is 1. The number of amides is 2. The smallest absolute Gasteiger partial charge is 0.224 e. The molecule has 0 saturated carbocycles. The molecule has 3 aromatic rings. The number of carbonyl (C=O) groups excluding carboxylic acids is 2. The number of aromatic hydroxyl groups is 1. The van der Waals surface area contributed by atoms with Crippen molar-refractivity contribution in [2.75, 3.05) is 13.1 Å². The van der Waals surface area contributed by atoms with Crippen molar-refractivity contribution in [2.24, 2.45) is 39.8 Å². The number of ether oxygens (including phenoxy) is 1. The fourth-order valence-electron chi connectivity index (χ4n) is 5.50. The molecular formula is C34H46N6O4. The van der Waals surface area contributed by atoms with Gasteiger partial charge in [0, 0.05) is 12.5 Å². The second kappa shape index (κ2) is 16.9. The summed E-state index contributed by atoms with van der Waals surface area (Å²) in [5, 5.41) is 13.3. The molecule has 3 atom stereocenters. The molecule has 0 aliphatic heterocycles. The van der Waals surface area contributed by atoms with E-state index in [1.54, 1.807) is 12.1 Å². The first-order chi connectivity index (χ1) is 21.1. The van der Waals surface area contributed by atoms with Gasteiger partial charge >= 0.3 is 0 Å². The summed E-state index contributed by atoms with van der Waals surface area (Å²) in [6, 6.07) is 20.1. The summed E-state index contributed by atoms with van der Waals surface area (Å²) in [6.07, 6.45) is 3.32. The second-order valence-electron chi connectivity index (χ2n) is 11.2. The molecule has 1 unspecified atom stereocenters. The van der Waals surface area contributed by atoms with Crippen molar-refractivity contribution in [3.63, 3.8) is 0 Å². The predicted molar refractivity (Wildman–Crippen MR) is 174 cm³/mol. The summed E-state index contributed by atoms with van der Waals surface area (Å²) in [5.41, 5.74) is 26.1. The van der Waals surface area contributed by atoms with E-state index in [0.717, 1.165) is 35.1 Å². The normalized spacial score (nSPS) is 13.0. The summed E-state index contributed by atoms with van der Waals surface area (Å²) in [6.45, 7) is 4.61. The molecule has 44 heavy (non-hydrogen) atoms. The molecule has 2 amide bonds. The van der Waals surface area contributed by atoms with E-state index in [2.05, 4.69) is 10.3 Å². The number of para-hydroxylation sites is 1. The number of unbranched alkanes of at least 4 members (excludes halogenated alkanes) is 1. The lowest BCUT2D eigenvalue weighted by molar-refractivity contribution is -0.134. The SMILES string of the molecule is Cc1cc(O)cc(C)c1C[C@H](C(=O)N[C@@H](CCCCN)c1cccc(Oc2ccccc2)c1)C(CCCN=C(N)N)C(N)=O. The van der Waals surface area contributed by atoms with E-state index in [4.69, 9.17) is 27.7 Å². The average Bonchev–Trinajstić information content (AvgIpc) is 2.97. The summed E-state index contributed by atoms with van der Waals surface area (Å²) in [4.78, 5) is 31.1. The van der Waals surface area contributed by atoms with E-state index in [1.807, 2.05) is 68.4 Å². The van der Waals surface area contributed by atoms with Gasteiger partial charge in [-0.3, -0.25) is 14.6 Å². The Morgan fingerprint density at radius 2 is 1.55 bits per heavy atom. The number of rotatable bonds is 17. The zero-order valence-electron chi connectivity index (χ0n) is 25.7. The van der Waals surface area contributed by atoms with Crippen molar-refractivity contribution in [2.45, 2.75) is 58.4 Å². The van der Waals surface area contributed by atoms with E-state index in [-0.39, 0.29) is 30.1 Å². The number of carbonyl (C=O) groups is 2. The highest BCUT2D eigenvalue weighted by Gasteiger charge is 2.34. The average molecular weight is 603 g/mol. The highest BCUT2D eigenvalue weighted by atomic mass is 16.5. The van der Waals surface area contributed by atoms with Gasteiger partial charge in [0.05, 0.1) is 12.0 Å². The molecule has 10 nitrogen and oxygen atoms in total. The Hall–Kier alpha value is -4.57. The zero-order valence-corrected chi connectivity index (χ0v) is 25.7. The fourth-order valence-corrected chi connectivity index (χ4v) is 5.50. The summed E-state index contributed by atoms with van der Waals surface area (Å²) in [7, 11) is 0. The quantitative estimate of drug-likeness (QED) is 0.0760. The van der Waals surface area contributed by atoms with Crippen LogP contribution in [0.3, 0.4) is 0 Å². The van der Waals surface area contributed by atoms with Gasteiger partial charge in [0.25, 0.3) is 0 Å². The van der Waals surface area contributed by atoms with Gasteiger partial charge in [0.2, 0.25) is 11.8 Å². The van der Waals surface area contributed by atoms with Gasteiger partial charge in [-0.1, -0.05) is 30.3 Å². The van der Waals surface area contributed by atoms with Crippen LogP contribution in [-0.4, -0.2) is 36.0 Å². The predicted octanol–water partition coefficient (Wildman–Crippen LogP) is 4.10. The fraction of sp³-hybridized carbons (Fsp3) is 0.382. The van der Waals surface area contributed by atoms with Crippen molar-refractivity contribution < 1.29 is 19.4 Å². The molecule has 3 rings (SSSR count). The van der Waals surface area contributed by atoms with Crippen molar-refractivity contribution in [1.82, 2.24) is 5.32 Å². The molecule has 236 valence electrons. The molecule has 0 fully saturated rings. The molecule has 3 aromatic carbocycles. The van der Waals surface area contributed by atoms with Gasteiger partial charge < -0.3 is 38.1 Å². The number of guanidine groups is 1. The first-order valence-electron chi connectivity index (χ1n) is 15.1. The van der Waals surface area contributed by atoms with Crippen molar-refractivity contribution >= 4 is 17.8 Å². The molecule has 10 heteroatoms. The number of nitrogens with two attached hydrogens (primary N) is 4. The Morgan fingerprint density at radius 3 is 2.18 bits per heavy atom. The number of aryl methyl sites for hydroxylation is 2. The van der Waals surface area contributed by atoms with Crippen LogP contribution in [0.4, 0.5) is 0 Å². The summed E-state index contributed by atoms with van der Waals surface area (Å²) >= 11 is 0. The molecule has 0 saturated heterocycles. The van der Waals surface area contributed by atoms with Gasteiger partial charge in [-0.15, -0.1) is 0 Å². The highest BCUT2D eigenvalue weighted by molar-refractivity contribution is 5.87. The monoisotopic (exact) mass is 602 g/mol. The van der Waals surface area contributed by atoms with Gasteiger partial charge in [-0.25, -0.2) is 0 Å². The first-order valence-corrected chi connectivity index (χ1v) is 15.1. The molecule has 10 N–H and O–H groups in total. The van der Waals surface area contributed by atoms with E-state index in [0.29, 0.717) is 43.9 Å². The van der Waals surface area contributed by atoms with E-state index < -0.39 is 17.7 Å². The first kappa shape index (κ1) is 33.9. The molecule has 0 aliphatic carbocycles. The van der Waals surface area contributed by atoms with Crippen molar-refractivity contribution in [1.29, 1.82) is 0 Å². The number of benzene rings is 3. The highest BCUT2D eigenvalue weighted by Crippen LogP contribution is 2.31. The van der Waals surface area contributed by atoms with E-state index >= 15 is 0 Å². The van der Waals surface area contributed by atoms with Crippen molar-refractivity contribution in [3.05, 3.63) is 89.0 Å². The van der Waals surface area contributed by atoms with Crippen LogP contribution < -0.4 is 33.0 Å². The van der Waals surface area contributed by atoms with Gasteiger partial charge in [0.1, 0.15) is 17.2 Å². The number of hydrogen-bond donors (Lipinski definition) is 6. The largest absolute Gasteiger partial charge is 0.508 e. The van der Waals surface area contributed by atoms with Gasteiger partial charge in [0.15, 0.2) is 5.96 Å². The van der Waals surface area contributed by atoms with Crippen LogP contribution in [0.2, 0.25) is 0 Å². The molecule has 0 aliphatic rings. The van der Waals surface area contributed by atoms with Crippen molar-refractivity contribution in [3.8, 4) is 17.2 Å². The van der Waals surface area contributed by atoms with Crippen LogP contribution in [0.5, 0.6) is 17.2 Å². The minimum absolute atomic E-state index is 0.0379. The molecule has 0 heterocycles. The topological polar surface area (TPSA) is 192 Å². The summed E-state index contributed by atoms with van der Waals surface area (Å²) in [5.74, 6) is -0.929. The number of hydrogen-bond acceptors (Lipinski definition) is 6. The standard InChI is InChI=1S/C34H46N6O4/c1-22-18-25(41)19-23(2)29(22)21-30(28(32(36)42)14-9-17-39-34(37)38)33(43)40-31(15-6-7-16-35)24-10-8-13-27(20-24)44-26-11-4-3-5-12-26/h3-5,8,10-13,18-20,28,30-31,41H,6-7,9,14-17,21,35H2,1-2H3,(H2,36,42)(H,40,43)(H4,37,38,39)/t28?,30-,31-/m0/s1. The Labute approximate surface area is 259 Å². The Balaban J connectivity index is 1.94. The lowest BCUT2D eigenvalue weighted by Crippen LogP contribution is -2.43. The maximum Gasteiger partial charge on any atom is 0.224 e. The molecule has 0 spiro atoms.